The molecule has 0 saturated carbocycles. The molecule has 2 aromatic heterocycles. The number of tetrazole rings is 1. The highest BCUT2D eigenvalue weighted by Crippen LogP contribution is 2.28. The minimum Gasteiger partial charge on any atom is -0.495 e. The molecule has 114 valence electrons. The van der Waals surface area contributed by atoms with Crippen molar-refractivity contribution in [3.63, 3.8) is 0 Å². The van der Waals surface area contributed by atoms with Gasteiger partial charge in [-0.05, 0) is 12.1 Å². The van der Waals surface area contributed by atoms with Crippen LogP contribution in [0, 0.1) is 0 Å². The maximum Gasteiger partial charge on any atom is 0.176 e. The van der Waals surface area contributed by atoms with E-state index in [0.717, 1.165) is 17.3 Å². The zero-order valence-corrected chi connectivity index (χ0v) is 12.1. The van der Waals surface area contributed by atoms with Crippen molar-refractivity contribution in [2.75, 3.05) is 18.6 Å². The molecule has 1 aromatic carbocycles. The Morgan fingerprint density at radius 2 is 2.18 bits per heavy atom. The van der Waals surface area contributed by atoms with Crippen LogP contribution in [-0.4, -0.2) is 49.5 Å². The Bertz CT molecular complexity index is 682. The number of anilines is 1. The number of methoxy groups -OCH3 is 1. The number of aromatic amines is 2. The summed E-state index contributed by atoms with van der Waals surface area (Å²) < 4.78 is 5.44. The number of para-hydroxylation sites is 2. The summed E-state index contributed by atoms with van der Waals surface area (Å²) in [7, 11) is 1.66. The molecule has 0 amide bonds. The number of benzene rings is 1. The summed E-state index contributed by atoms with van der Waals surface area (Å²) in [5, 5.41) is 20.8. The minimum atomic E-state index is 0.582. The normalized spacial score (nSPS) is 10.6. The van der Waals surface area contributed by atoms with Gasteiger partial charge in [0, 0.05) is 13.0 Å². The fourth-order valence-corrected chi connectivity index (χ4v) is 2.19. The number of aromatic nitrogens is 7. The highest BCUT2D eigenvalue weighted by molar-refractivity contribution is 5.58. The third-order valence-corrected chi connectivity index (χ3v) is 3.23. The summed E-state index contributed by atoms with van der Waals surface area (Å²) in [6.45, 7) is 1.28. The van der Waals surface area contributed by atoms with Gasteiger partial charge in [-0.25, -0.2) is 4.98 Å². The predicted octanol–water partition coefficient (Wildman–Crippen LogP) is 0.576. The van der Waals surface area contributed by atoms with E-state index in [-0.39, 0.29) is 0 Å². The second-order valence-electron chi connectivity index (χ2n) is 4.60. The molecule has 0 aliphatic heterocycles. The van der Waals surface area contributed by atoms with E-state index >= 15 is 0 Å². The Kier molecular flexibility index (Phi) is 4.23. The van der Waals surface area contributed by atoms with E-state index in [2.05, 4.69) is 40.7 Å². The molecule has 9 nitrogen and oxygen atoms in total. The molecule has 0 fully saturated rings. The summed E-state index contributed by atoms with van der Waals surface area (Å²) in [5.41, 5.74) is 0.977. The average molecular weight is 300 g/mol. The molecule has 3 rings (SSSR count). The van der Waals surface area contributed by atoms with Crippen molar-refractivity contribution in [2.45, 2.75) is 13.0 Å². The molecule has 9 heteroatoms. The summed E-state index contributed by atoms with van der Waals surface area (Å²) in [6.07, 6.45) is 2.15. The second kappa shape index (κ2) is 6.66. The van der Waals surface area contributed by atoms with E-state index in [4.69, 9.17) is 4.74 Å². The second-order valence-corrected chi connectivity index (χ2v) is 4.60. The van der Waals surface area contributed by atoms with Gasteiger partial charge in [0.15, 0.2) is 5.82 Å². The molecule has 3 aromatic rings. The van der Waals surface area contributed by atoms with Crippen LogP contribution < -0.4 is 9.64 Å². The van der Waals surface area contributed by atoms with E-state index in [9.17, 15) is 0 Å². The minimum absolute atomic E-state index is 0.582. The van der Waals surface area contributed by atoms with Crippen LogP contribution in [-0.2, 0) is 13.0 Å². The number of hydrogen-bond donors (Lipinski definition) is 2. The molecule has 0 unspecified atom stereocenters. The Hall–Kier alpha value is -2.97. The maximum absolute atomic E-state index is 5.44. The molecule has 0 saturated heterocycles. The van der Waals surface area contributed by atoms with Gasteiger partial charge in [0.05, 0.1) is 19.3 Å². The van der Waals surface area contributed by atoms with Gasteiger partial charge in [0.25, 0.3) is 0 Å². The van der Waals surface area contributed by atoms with Gasteiger partial charge >= 0.3 is 0 Å². The van der Waals surface area contributed by atoms with Crippen molar-refractivity contribution in [1.29, 1.82) is 0 Å². The van der Waals surface area contributed by atoms with Gasteiger partial charge < -0.3 is 9.64 Å². The zero-order chi connectivity index (χ0) is 15.2. The van der Waals surface area contributed by atoms with Crippen LogP contribution in [0.1, 0.15) is 11.6 Å². The van der Waals surface area contributed by atoms with E-state index in [0.29, 0.717) is 25.3 Å². The first-order valence-electron chi connectivity index (χ1n) is 6.81. The first kappa shape index (κ1) is 14.0. The molecule has 0 radical (unpaired) electrons. The molecule has 0 spiro atoms. The van der Waals surface area contributed by atoms with Crippen molar-refractivity contribution in [2.24, 2.45) is 0 Å². The predicted molar refractivity (Wildman–Crippen MR) is 78.3 cm³/mol. The highest BCUT2D eigenvalue weighted by atomic mass is 16.5. The van der Waals surface area contributed by atoms with Gasteiger partial charge in [0.2, 0.25) is 0 Å². The Morgan fingerprint density at radius 3 is 2.91 bits per heavy atom. The van der Waals surface area contributed by atoms with Crippen LogP contribution in [0.4, 0.5) is 5.69 Å². The third kappa shape index (κ3) is 3.19. The van der Waals surface area contributed by atoms with Crippen LogP contribution in [0.5, 0.6) is 5.75 Å². The van der Waals surface area contributed by atoms with E-state index < -0.39 is 0 Å². The molecule has 2 heterocycles. The Morgan fingerprint density at radius 1 is 1.27 bits per heavy atom. The molecule has 2 N–H and O–H groups in total. The average Bonchev–Trinajstić information content (AvgIpc) is 3.25. The largest absolute Gasteiger partial charge is 0.495 e. The molecule has 22 heavy (non-hydrogen) atoms. The lowest BCUT2D eigenvalue weighted by Gasteiger charge is -2.25. The topological polar surface area (TPSA) is 108 Å². The Balaban J connectivity index is 1.81. The van der Waals surface area contributed by atoms with Gasteiger partial charge in [0.1, 0.15) is 17.9 Å². The van der Waals surface area contributed by atoms with Crippen molar-refractivity contribution in [3.8, 4) is 5.75 Å². The van der Waals surface area contributed by atoms with Crippen molar-refractivity contribution in [1.82, 2.24) is 35.8 Å². The molecular weight excluding hydrogens is 284 g/mol. The molecule has 0 bridgehead atoms. The lowest BCUT2D eigenvalue weighted by Crippen LogP contribution is -2.26. The smallest absolute Gasteiger partial charge is 0.176 e. The molecule has 0 aliphatic rings. The summed E-state index contributed by atoms with van der Waals surface area (Å²) in [5.74, 6) is 2.24. The number of hydrogen-bond acceptors (Lipinski definition) is 7. The van der Waals surface area contributed by atoms with Gasteiger partial charge in [-0.3, -0.25) is 5.10 Å². The Labute approximate surface area is 126 Å². The van der Waals surface area contributed by atoms with Gasteiger partial charge in [-0.15, -0.1) is 10.2 Å². The van der Waals surface area contributed by atoms with E-state index in [1.165, 1.54) is 6.33 Å². The number of H-pyrrole nitrogens is 2. The van der Waals surface area contributed by atoms with Crippen molar-refractivity contribution >= 4 is 5.69 Å². The van der Waals surface area contributed by atoms with Crippen LogP contribution in [0.25, 0.3) is 0 Å². The number of nitrogens with one attached hydrogen (secondary N) is 2. The maximum atomic E-state index is 5.44. The van der Waals surface area contributed by atoms with Crippen LogP contribution in [0.2, 0.25) is 0 Å². The highest BCUT2D eigenvalue weighted by Gasteiger charge is 2.14. The fraction of sp³-hybridized carbons (Fsp3) is 0.308. The van der Waals surface area contributed by atoms with Gasteiger partial charge in [-0.1, -0.05) is 17.3 Å². The molecule has 0 atom stereocenters. The fourth-order valence-electron chi connectivity index (χ4n) is 2.19. The van der Waals surface area contributed by atoms with E-state index in [1.54, 1.807) is 7.11 Å². The van der Waals surface area contributed by atoms with Crippen LogP contribution in [0.3, 0.4) is 0 Å². The van der Waals surface area contributed by atoms with E-state index in [1.807, 2.05) is 24.3 Å². The van der Waals surface area contributed by atoms with Crippen LogP contribution in [0.15, 0.2) is 30.6 Å². The summed E-state index contributed by atoms with van der Waals surface area (Å²) >= 11 is 0. The van der Waals surface area contributed by atoms with Crippen molar-refractivity contribution in [3.05, 3.63) is 42.2 Å². The first-order chi connectivity index (χ1) is 10.9. The van der Waals surface area contributed by atoms with Crippen molar-refractivity contribution < 1.29 is 4.74 Å². The molecular formula is C13H16N8O. The monoisotopic (exact) mass is 300 g/mol. The van der Waals surface area contributed by atoms with Crippen LogP contribution >= 0.6 is 0 Å². The van der Waals surface area contributed by atoms with Gasteiger partial charge in [-0.2, -0.15) is 10.3 Å². The number of ether oxygens (including phenoxy) is 1. The lowest BCUT2D eigenvalue weighted by molar-refractivity contribution is 0.414. The quantitative estimate of drug-likeness (QED) is 0.656. The number of rotatable bonds is 7. The summed E-state index contributed by atoms with van der Waals surface area (Å²) in [4.78, 5) is 6.32. The first-order valence-corrected chi connectivity index (χ1v) is 6.81. The standard InChI is InChI=1S/C13H16N8O/c1-22-11-5-3-2-4-10(11)21(8-13-14-9-15-16-13)7-6-12-17-19-20-18-12/h2-5,9H,6-8H2,1H3,(H,14,15,16)(H,17,18,19,20). The summed E-state index contributed by atoms with van der Waals surface area (Å²) in [6, 6.07) is 7.84. The SMILES string of the molecule is COc1ccccc1N(CCc1nn[nH]n1)Cc1ncn[nH]1. The third-order valence-electron chi connectivity index (χ3n) is 3.23. The number of nitrogens with zero attached hydrogens (tertiary/aromatic N) is 6. The molecule has 0 aliphatic carbocycles. The zero-order valence-electron chi connectivity index (χ0n) is 12.1. The lowest BCUT2D eigenvalue weighted by atomic mass is 10.2.